The van der Waals surface area contributed by atoms with Gasteiger partial charge >= 0.3 is 0 Å². The van der Waals surface area contributed by atoms with E-state index in [-0.39, 0.29) is 0 Å². The Hall–Kier alpha value is -2.04. The molecule has 4 nitrogen and oxygen atoms in total. The van der Waals surface area contributed by atoms with Gasteiger partial charge in [-0.2, -0.15) is 0 Å². The van der Waals surface area contributed by atoms with E-state index in [9.17, 15) is 0 Å². The van der Waals surface area contributed by atoms with Crippen molar-refractivity contribution in [3.05, 3.63) is 75.6 Å². The van der Waals surface area contributed by atoms with Crippen LogP contribution in [0, 0.1) is 19.8 Å². The molecule has 1 saturated carbocycles. The Morgan fingerprint density at radius 1 is 1.31 bits per heavy atom. The molecule has 3 rings (SSSR count). The number of allylic oxidation sites excluding steroid dienone is 4. The maximum Gasteiger partial charge on any atom is 0.208 e. The second kappa shape index (κ2) is 7.68. The minimum atomic E-state index is 0.571. The molecule has 0 saturated heterocycles. The summed E-state index contributed by atoms with van der Waals surface area (Å²) in [6.45, 7) is 8.49. The molecule has 2 N–H and O–H groups in total. The molecule has 0 amide bonds. The normalized spacial score (nSPS) is 19.0. The lowest BCUT2D eigenvalue weighted by molar-refractivity contribution is 0.180. The van der Waals surface area contributed by atoms with Gasteiger partial charge < -0.3 is 4.74 Å². The molecule has 2 aliphatic rings. The van der Waals surface area contributed by atoms with Gasteiger partial charge in [-0.3, -0.25) is 4.98 Å². The lowest BCUT2D eigenvalue weighted by Crippen LogP contribution is -2.34. The molecule has 0 bridgehead atoms. The number of aryl methyl sites for hydroxylation is 2. The van der Waals surface area contributed by atoms with E-state index in [0.717, 1.165) is 45.8 Å². The summed E-state index contributed by atoms with van der Waals surface area (Å²) in [5.41, 5.74) is 6.31. The first-order valence-electron chi connectivity index (χ1n) is 8.90. The van der Waals surface area contributed by atoms with Gasteiger partial charge in [-0.15, -0.1) is 0 Å². The van der Waals surface area contributed by atoms with Crippen LogP contribution < -0.4 is 5.84 Å². The molecule has 0 aromatic carbocycles. The molecule has 0 radical (unpaired) electrons. The number of hydrogen-bond donors (Lipinski definition) is 1. The Morgan fingerprint density at radius 2 is 1.96 bits per heavy atom. The predicted molar refractivity (Wildman–Crippen MR) is 106 cm³/mol. The van der Waals surface area contributed by atoms with Gasteiger partial charge in [-0.1, -0.05) is 18.2 Å². The van der Waals surface area contributed by atoms with Gasteiger partial charge in [-0.25, -0.2) is 10.9 Å². The first kappa shape index (κ1) is 18.7. The van der Waals surface area contributed by atoms with E-state index in [4.69, 9.17) is 22.2 Å². The van der Waals surface area contributed by atoms with Gasteiger partial charge in [0.05, 0.1) is 12.8 Å². The molecule has 5 heteroatoms. The molecule has 1 aromatic heterocycles. The second-order valence-corrected chi connectivity index (χ2v) is 7.55. The molecule has 0 atom stereocenters. The lowest BCUT2D eigenvalue weighted by Gasteiger charge is -2.30. The van der Waals surface area contributed by atoms with Gasteiger partial charge in [0.2, 0.25) is 5.88 Å². The van der Waals surface area contributed by atoms with E-state index >= 15 is 0 Å². The highest BCUT2D eigenvalue weighted by molar-refractivity contribution is 6.30. The van der Waals surface area contributed by atoms with Crippen LogP contribution in [-0.4, -0.2) is 17.1 Å². The largest absolute Gasteiger partial charge is 0.481 e. The zero-order chi connectivity index (χ0) is 18.8. The van der Waals surface area contributed by atoms with Gasteiger partial charge in [-0.05, 0) is 73.8 Å². The van der Waals surface area contributed by atoms with E-state index < -0.39 is 0 Å². The molecule has 0 unspecified atom stereocenters. The molecule has 138 valence electrons. The Kier molecular flexibility index (Phi) is 5.54. The lowest BCUT2D eigenvalue weighted by atomic mass is 9.91. The number of ether oxygens (including phenoxy) is 1. The third-order valence-electron chi connectivity index (χ3n) is 5.02. The number of hydrazine groups is 1. The fourth-order valence-electron chi connectivity index (χ4n) is 3.27. The van der Waals surface area contributed by atoms with Crippen LogP contribution in [-0.2, 0) is 11.2 Å². The molecule has 0 spiro atoms. The van der Waals surface area contributed by atoms with Crippen molar-refractivity contribution in [3.63, 3.8) is 0 Å². The second-order valence-electron chi connectivity index (χ2n) is 7.09. The van der Waals surface area contributed by atoms with E-state index in [1.54, 1.807) is 7.11 Å². The van der Waals surface area contributed by atoms with E-state index in [1.807, 2.05) is 24.5 Å². The summed E-state index contributed by atoms with van der Waals surface area (Å²) in [6, 6.07) is 0. The van der Waals surface area contributed by atoms with Crippen molar-refractivity contribution >= 4 is 11.6 Å². The van der Waals surface area contributed by atoms with Crippen molar-refractivity contribution in [2.75, 3.05) is 7.11 Å². The van der Waals surface area contributed by atoms with Crippen molar-refractivity contribution in [1.82, 2.24) is 9.99 Å². The first-order valence-corrected chi connectivity index (χ1v) is 9.28. The highest BCUT2D eigenvalue weighted by Crippen LogP contribution is 2.41. The number of aromatic nitrogens is 1. The molecule has 2 heterocycles. The first-order chi connectivity index (χ1) is 12.4. The average Bonchev–Trinajstić information content (AvgIpc) is 3.41. The smallest absolute Gasteiger partial charge is 0.208 e. The summed E-state index contributed by atoms with van der Waals surface area (Å²) in [5.74, 6) is 7.56. The van der Waals surface area contributed by atoms with Gasteiger partial charge in [0.1, 0.15) is 0 Å². The Bertz CT molecular complexity index is 798. The number of rotatable bonds is 6. The van der Waals surface area contributed by atoms with Crippen molar-refractivity contribution in [2.45, 2.75) is 39.5 Å². The average molecular weight is 372 g/mol. The van der Waals surface area contributed by atoms with Crippen LogP contribution in [0.5, 0.6) is 0 Å². The highest BCUT2D eigenvalue weighted by atomic mass is 35.5. The van der Waals surface area contributed by atoms with Crippen LogP contribution in [0.1, 0.15) is 36.0 Å². The fraction of sp³-hybridized carbons (Fsp3) is 0.381. The predicted octanol–water partition coefficient (Wildman–Crippen LogP) is 4.65. The topological polar surface area (TPSA) is 51.4 Å². The van der Waals surface area contributed by atoms with Crippen molar-refractivity contribution in [2.24, 2.45) is 11.8 Å². The number of pyridine rings is 1. The SMILES string of the molecule is C=C(Cc1c(C)cncc1C)C1=CC=C(OC)N(N)/C1=C(/Cl)CC1CC1. The fourth-order valence-corrected chi connectivity index (χ4v) is 3.68. The van der Waals surface area contributed by atoms with Gasteiger partial charge in [0.25, 0.3) is 0 Å². The molecular formula is C21H26ClN3O. The summed E-state index contributed by atoms with van der Waals surface area (Å²) >= 11 is 6.70. The number of nitrogens with zero attached hydrogens (tertiary/aromatic N) is 2. The monoisotopic (exact) mass is 371 g/mol. The summed E-state index contributed by atoms with van der Waals surface area (Å²) in [5, 5.41) is 2.31. The molecular weight excluding hydrogens is 346 g/mol. The molecule has 1 aromatic rings. The van der Waals surface area contributed by atoms with Gasteiger partial charge in [0.15, 0.2) is 0 Å². The van der Waals surface area contributed by atoms with Crippen LogP contribution >= 0.6 is 11.6 Å². The maximum absolute atomic E-state index is 6.70. The third-order valence-corrected chi connectivity index (χ3v) is 5.35. The van der Waals surface area contributed by atoms with Gasteiger partial charge in [0, 0.05) is 29.1 Å². The number of halogens is 1. The zero-order valence-corrected chi connectivity index (χ0v) is 16.4. The van der Waals surface area contributed by atoms with E-state index in [0.29, 0.717) is 11.8 Å². The third kappa shape index (κ3) is 3.87. The van der Waals surface area contributed by atoms with Crippen molar-refractivity contribution < 1.29 is 4.74 Å². The van der Waals surface area contributed by atoms with Crippen molar-refractivity contribution in [3.8, 4) is 0 Å². The highest BCUT2D eigenvalue weighted by Gasteiger charge is 2.29. The number of hydrogen-bond acceptors (Lipinski definition) is 4. The Labute approximate surface area is 160 Å². The summed E-state index contributed by atoms with van der Waals surface area (Å²) in [6.07, 6.45) is 11.7. The van der Waals surface area contributed by atoms with Crippen LogP contribution in [0.25, 0.3) is 0 Å². The van der Waals surface area contributed by atoms with Crippen LogP contribution in [0.2, 0.25) is 0 Å². The van der Waals surface area contributed by atoms with Crippen LogP contribution in [0.4, 0.5) is 0 Å². The molecule has 1 fully saturated rings. The van der Waals surface area contributed by atoms with Crippen molar-refractivity contribution in [1.29, 1.82) is 0 Å². The minimum Gasteiger partial charge on any atom is -0.481 e. The Balaban J connectivity index is 1.95. The van der Waals surface area contributed by atoms with E-state index in [1.165, 1.54) is 23.4 Å². The molecule has 26 heavy (non-hydrogen) atoms. The molecule has 1 aliphatic carbocycles. The summed E-state index contributed by atoms with van der Waals surface area (Å²) < 4.78 is 5.38. The number of methoxy groups -OCH3 is 1. The summed E-state index contributed by atoms with van der Waals surface area (Å²) in [7, 11) is 1.61. The Morgan fingerprint density at radius 3 is 2.54 bits per heavy atom. The van der Waals surface area contributed by atoms with E-state index in [2.05, 4.69) is 25.4 Å². The standard InChI is InChI=1S/C21H26ClN3O/c1-13(9-18-14(2)11-24-12-15(18)3)17-7-8-20(26-4)25(23)21(17)19(22)10-16-5-6-16/h7-8,11-12,16H,1,5-6,9-10,23H2,2-4H3/b21-19+. The number of nitrogens with two attached hydrogens (primary N) is 1. The maximum atomic E-state index is 6.70. The van der Waals surface area contributed by atoms with Crippen LogP contribution in [0.3, 0.4) is 0 Å². The zero-order valence-electron chi connectivity index (χ0n) is 15.7. The molecule has 1 aliphatic heterocycles. The summed E-state index contributed by atoms with van der Waals surface area (Å²) in [4.78, 5) is 4.25. The quantitative estimate of drug-likeness (QED) is 0.739. The van der Waals surface area contributed by atoms with Crippen LogP contribution in [0.15, 0.2) is 58.9 Å². The minimum absolute atomic E-state index is 0.571.